The van der Waals surface area contributed by atoms with E-state index < -0.39 is 0 Å². The lowest BCUT2D eigenvalue weighted by atomic mass is 10.1. The standard InChI is InChI=1S/C13H15ClN2O/c1-10(7-8-15)16(2)13(17)9-11-5-3-4-6-12(11)14/h3-6,10H,7,9H2,1-2H3. The second kappa shape index (κ2) is 6.27. The summed E-state index contributed by atoms with van der Waals surface area (Å²) in [7, 11) is 1.71. The van der Waals surface area contributed by atoms with Gasteiger partial charge in [0.2, 0.25) is 5.91 Å². The highest BCUT2D eigenvalue weighted by molar-refractivity contribution is 6.31. The lowest BCUT2D eigenvalue weighted by Gasteiger charge is -2.23. The zero-order valence-corrected chi connectivity index (χ0v) is 10.7. The van der Waals surface area contributed by atoms with Gasteiger partial charge >= 0.3 is 0 Å². The summed E-state index contributed by atoms with van der Waals surface area (Å²) in [6.45, 7) is 1.85. The maximum absolute atomic E-state index is 11.9. The van der Waals surface area contributed by atoms with Crippen LogP contribution >= 0.6 is 11.6 Å². The Kier molecular flexibility index (Phi) is 4.99. The van der Waals surface area contributed by atoms with Crippen LogP contribution in [0.4, 0.5) is 0 Å². The Hall–Kier alpha value is -1.53. The first-order chi connectivity index (χ1) is 8.06. The third-order valence-electron chi connectivity index (χ3n) is 2.74. The highest BCUT2D eigenvalue weighted by Crippen LogP contribution is 2.16. The van der Waals surface area contributed by atoms with Crippen LogP contribution in [-0.2, 0) is 11.2 Å². The highest BCUT2D eigenvalue weighted by Gasteiger charge is 2.16. The molecule has 0 saturated heterocycles. The molecule has 0 aromatic heterocycles. The van der Waals surface area contributed by atoms with E-state index in [2.05, 4.69) is 6.07 Å². The Morgan fingerprint density at radius 1 is 1.53 bits per heavy atom. The third kappa shape index (κ3) is 3.76. The van der Waals surface area contributed by atoms with E-state index in [0.717, 1.165) is 5.56 Å². The predicted molar refractivity (Wildman–Crippen MR) is 67.6 cm³/mol. The van der Waals surface area contributed by atoms with E-state index in [9.17, 15) is 4.79 Å². The van der Waals surface area contributed by atoms with Crippen molar-refractivity contribution in [3.8, 4) is 6.07 Å². The number of carbonyl (C=O) groups is 1. The van der Waals surface area contributed by atoms with E-state index in [-0.39, 0.29) is 18.4 Å². The van der Waals surface area contributed by atoms with E-state index in [1.165, 1.54) is 0 Å². The van der Waals surface area contributed by atoms with E-state index >= 15 is 0 Å². The molecular weight excluding hydrogens is 236 g/mol. The fraction of sp³-hybridized carbons (Fsp3) is 0.385. The lowest BCUT2D eigenvalue weighted by Crippen LogP contribution is -2.35. The van der Waals surface area contributed by atoms with Crippen molar-refractivity contribution in [3.63, 3.8) is 0 Å². The van der Waals surface area contributed by atoms with Crippen LogP contribution in [0.2, 0.25) is 5.02 Å². The minimum absolute atomic E-state index is 0.0270. The maximum Gasteiger partial charge on any atom is 0.227 e. The molecule has 0 N–H and O–H groups in total. The normalized spacial score (nSPS) is 11.6. The smallest absolute Gasteiger partial charge is 0.227 e. The summed E-state index contributed by atoms with van der Waals surface area (Å²) in [5.41, 5.74) is 0.815. The van der Waals surface area contributed by atoms with Crippen LogP contribution in [0.25, 0.3) is 0 Å². The van der Waals surface area contributed by atoms with Gasteiger partial charge < -0.3 is 4.90 Å². The Balaban J connectivity index is 2.67. The molecule has 1 rings (SSSR count). The molecule has 1 aromatic carbocycles. The van der Waals surface area contributed by atoms with Gasteiger partial charge in [0.05, 0.1) is 18.9 Å². The summed E-state index contributed by atoms with van der Waals surface area (Å²) in [4.78, 5) is 13.5. The lowest BCUT2D eigenvalue weighted by molar-refractivity contribution is -0.130. The van der Waals surface area contributed by atoms with Crippen LogP contribution in [0.15, 0.2) is 24.3 Å². The molecule has 1 aromatic rings. The van der Waals surface area contributed by atoms with Crippen molar-refractivity contribution in [1.29, 1.82) is 5.26 Å². The van der Waals surface area contributed by atoms with E-state index in [4.69, 9.17) is 16.9 Å². The molecule has 1 amide bonds. The van der Waals surface area contributed by atoms with Crippen LogP contribution in [0, 0.1) is 11.3 Å². The molecule has 0 spiro atoms. The molecule has 0 saturated carbocycles. The number of likely N-dealkylation sites (N-methyl/N-ethyl adjacent to an activating group) is 1. The molecule has 0 radical (unpaired) electrons. The van der Waals surface area contributed by atoms with Crippen LogP contribution in [0.5, 0.6) is 0 Å². The summed E-state index contributed by atoms with van der Waals surface area (Å²) in [6.07, 6.45) is 0.608. The Morgan fingerprint density at radius 2 is 2.18 bits per heavy atom. The van der Waals surface area contributed by atoms with Crippen LogP contribution in [-0.4, -0.2) is 23.9 Å². The van der Waals surface area contributed by atoms with E-state index in [0.29, 0.717) is 11.4 Å². The second-order valence-corrected chi connectivity index (χ2v) is 4.39. The zero-order chi connectivity index (χ0) is 12.8. The van der Waals surface area contributed by atoms with Crippen LogP contribution in [0.3, 0.4) is 0 Å². The van der Waals surface area contributed by atoms with Gasteiger partial charge in [0.25, 0.3) is 0 Å². The van der Waals surface area contributed by atoms with Gasteiger partial charge in [0.15, 0.2) is 0 Å². The van der Waals surface area contributed by atoms with Gasteiger partial charge in [-0.25, -0.2) is 0 Å². The SMILES string of the molecule is CC(CC#N)N(C)C(=O)Cc1ccccc1Cl. The number of benzene rings is 1. The number of hydrogen-bond acceptors (Lipinski definition) is 2. The average molecular weight is 251 g/mol. The number of amides is 1. The first-order valence-electron chi connectivity index (χ1n) is 5.42. The van der Waals surface area contributed by atoms with Gasteiger partial charge in [-0.05, 0) is 18.6 Å². The summed E-state index contributed by atoms with van der Waals surface area (Å²) in [5.74, 6) is -0.0270. The number of nitriles is 1. The molecule has 0 aliphatic carbocycles. The monoisotopic (exact) mass is 250 g/mol. The van der Waals surface area contributed by atoms with Gasteiger partial charge in [0, 0.05) is 18.1 Å². The number of rotatable bonds is 4. The molecule has 90 valence electrons. The largest absolute Gasteiger partial charge is 0.342 e. The Labute approximate surface area is 107 Å². The Bertz CT molecular complexity index is 439. The van der Waals surface area contributed by atoms with Crippen molar-refractivity contribution in [2.75, 3.05) is 7.05 Å². The van der Waals surface area contributed by atoms with Crippen LogP contribution in [0.1, 0.15) is 18.9 Å². The summed E-state index contributed by atoms with van der Waals surface area (Å²) in [5, 5.41) is 9.19. The van der Waals surface area contributed by atoms with E-state index in [1.54, 1.807) is 18.0 Å². The Morgan fingerprint density at radius 3 is 2.76 bits per heavy atom. The van der Waals surface area contributed by atoms with Crippen molar-refractivity contribution in [1.82, 2.24) is 4.90 Å². The van der Waals surface area contributed by atoms with Crippen molar-refractivity contribution in [2.45, 2.75) is 25.8 Å². The first-order valence-corrected chi connectivity index (χ1v) is 5.80. The van der Waals surface area contributed by atoms with Crippen LogP contribution < -0.4 is 0 Å². The van der Waals surface area contributed by atoms with Gasteiger partial charge in [-0.2, -0.15) is 5.26 Å². The topological polar surface area (TPSA) is 44.1 Å². The fourth-order valence-electron chi connectivity index (χ4n) is 1.44. The van der Waals surface area contributed by atoms with Gasteiger partial charge in [0.1, 0.15) is 0 Å². The van der Waals surface area contributed by atoms with Crippen molar-refractivity contribution < 1.29 is 4.79 Å². The zero-order valence-electron chi connectivity index (χ0n) is 9.98. The molecule has 0 aliphatic heterocycles. The molecule has 1 unspecified atom stereocenters. The molecule has 0 bridgehead atoms. The van der Waals surface area contributed by atoms with Crippen molar-refractivity contribution in [3.05, 3.63) is 34.9 Å². The van der Waals surface area contributed by atoms with E-state index in [1.807, 2.05) is 25.1 Å². The fourth-order valence-corrected chi connectivity index (χ4v) is 1.65. The number of halogens is 1. The quantitative estimate of drug-likeness (QED) is 0.825. The molecule has 0 aliphatic rings. The molecule has 1 atom stereocenters. The highest BCUT2D eigenvalue weighted by atomic mass is 35.5. The van der Waals surface area contributed by atoms with Crippen molar-refractivity contribution >= 4 is 17.5 Å². The summed E-state index contributed by atoms with van der Waals surface area (Å²) < 4.78 is 0. The number of nitrogens with zero attached hydrogens (tertiary/aromatic N) is 2. The van der Waals surface area contributed by atoms with Gasteiger partial charge in [-0.15, -0.1) is 0 Å². The second-order valence-electron chi connectivity index (χ2n) is 3.98. The molecule has 17 heavy (non-hydrogen) atoms. The maximum atomic E-state index is 11.9. The summed E-state index contributed by atoms with van der Waals surface area (Å²) >= 11 is 5.99. The molecular formula is C13H15ClN2O. The third-order valence-corrected chi connectivity index (χ3v) is 3.11. The molecule has 0 fully saturated rings. The molecule has 4 heteroatoms. The summed E-state index contributed by atoms with van der Waals surface area (Å²) in [6, 6.07) is 9.27. The molecule has 3 nitrogen and oxygen atoms in total. The number of carbonyl (C=O) groups excluding carboxylic acids is 1. The molecule has 0 heterocycles. The first kappa shape index (κ1) is 13.5. The predicted octanol–water partition coefficient (Wildman–Crippen LogP) is 2.64. The minimum Gasteiger partial charge on any atom is -0.342 e. The van der Waals surface area contributed by atoms with Crippen molar-refractivity contribution in [2.24, 2.45) is 0 Å². The van der Waals surface area contributed by atoms with Gasteiger partial charge in [-0.3, -0.25) is 4.79 Å². The minimum atomic E-state index is -0.0741. The number of hydrogen-bond donors (Lipinski definition) is 0. The van der Waals surface area contributed by atoms with Gasteiger partial charge in [-0.1, -0.05) is 29.8 Å². The average Bonchev–Trinajstić information content (AvgIpc) is 2.31.